The molecule has 0 radical (unpaired) electrons. The number of esters is 2. The zero-order valence-electron chi connectivity index (χ0n) is 9.89. The summed E-state index contributed by atoms with van der Waals surface area (Å²) in [5.41, 5.74) is 5.61. The molecule has 0 bridgehead atoms. The second-order valence-corrected chi connectivity index (χ2v) is 3.04. The Bertz CT molecular complexity index is 223. The van der Waals surface area contributed by atoms with E-state index in [2.05, 4.69) is 0 Å². The number of ether oxygens (including phenoxy) is 2. The van der Waals surface area contributed by atoms with Gasteiger partial charge in [0.15, 0.2) is 0 Å². The first-order chi connectivity index (χ1) is 7.08. The van der Waals surface area contributed by atoms with Crippen molar-refractivity contribution in [2.24, 2.45) is 11.7 Å². The van der Waals surface area contributed by atoms with Crippen LogP contribution in [-0.2, 0) is 19.1 Å². The Kier molecular flexibility index (Phi) is 10.7. The first kappa shape index (κ1) is 17.8. The average Bonchev–Trinajstić information content (AvgIpc) is 2.19. The van der Waals surface area contributed by atoms with E-state index < -0.39 is 23.9 Å². The van der Waals surface area contributed by atoms with Crippen molar-refractivity contribution in [1.82, 2.24) is 0 Å². The van der Waals surface area contributed by atoms with Gasteiger partial charge < -0.3 is 15.2 Å². The highest BCUT2D eigenvalue weighted by molar-refractivity contribution is 8.93. The predicted molar refractivity (Wildman–Crippen MR) is 65.3 cm³/mol. The molecule has 0 saturated heterocycles. The van der Waals surface area contributed by atoms with E-state index in [0.29, 0.717) is 6.42 Å². The van der Waals surface area contributed by atoms with Gasteiger partial charge in [0.1, 0.15) is 6.04 Å². The third-order valence-electron chi connectivity index (χ3n) is 2.02. The molecule has 0 aromatic heterocycles. The maximum absolute atomic E-state index is 11.4. The molecule has 5 nitrogen and oxygen atoms in total. The lowest BCUT2D eigenvalue weighted by atomic mass is 9.98. The molecule has 0 spiro atoms. The maximum Gasteiger partial charge on any atom is 0.323 e. The predicted octanol–water partition coefficient (Wildman–Crippen LogP) is 1.04. The molecular weight excluding hydrogens is 278 g/mol. The van der Waals surface area contributed by atoms with Crippen molar-refractivity contribution in [3.8, 4) is 0 Å². The molecule has 0 amide bonds. The topological polar surface area (TPSA) is 78.6 Å². The van der Waals surface area contributed by atoms with Gasteiger partial charge in [0.05, 0.1) is 19.1 Å². The Hall–Kier alpha value is -0.620. The minimum Gasteiger partial charge on any atom is -0.466 e. The summed E-state index contributed by atoms with van der Waals surface area (Å²) < 4.78 is 9.56. The summed E-state index contributed by atoms with van der Waals surface area (Å²) >= 11 is 0. The minimum absolute atomic E-state index is 0. The van der Waals surface area contributed by atoms with E-state index in [0.717, 1.165) is 0 Å². The largest absolute Gasteiger partial charge is 0.466 e. The van der Waals surface area contributed by atoms with Crippen molar-refractivity contribution < 1.29 is 19.1 Å². The monoisotopic (exact) mass is 297 g/mol. The Labute approximate surface area is 106 Å². The molecule has 0 heterocycles. The first-order valence-corrected chi connectivity index (χ1v) is 5.17. The van der Waals surface area contributed by atoms with Crippen molar-refractivity contribution in [3.05, 3.63) is 0 Å². The summed E-state index contributed by atoms with van der Waals surface area (Å²) in [6.45, 7) is 5.72. The molecule has 16 heavy (non-hydrogen) atoms. The summed E-state index contributed by atoms with van der Waals surface area (Å²) in [6, 6.07) is -0.936. The number of rotatable bonds is 6. The fourth-order valence-corrected chi connectivity index (χ4v) is 1.22. The van der Waals surface area contributed by atoms with E-state index in [1.54, 1.807) is 20.8 Å². The highest BCUT2D eigenvalue weighted by atomic mass is 79.9. The van der Waals surface area contributed by atoms with Gasteiger partial charge in [-0.2, -0.15) is 0 Å². The molecular formula is C10H20BrNO4. The molecule has 0 aliphatic rings. The fraction of sp³-hybridized carbons (Fsp3) is 0.800. The SMILES string of the molecule is Br.CCOC(=O)[C@@H](N)[C@H](CC)C(=O)OCC. The quantitative estimate of drug-likeness (QED) is 0.741. The third kappa shape index (κ3) is 5.46. The van der Waals surface area contributed by atoms with Gasteiger partial charge in [-0.25, -0.2) is 0 Å². The summed E-state index contributed by atoms with van der Waals surface area (Å²) in [7, 11) is 0. The molecule has 96 valence electrons. The number of carbonyl (C=O) groups is 2. The number of hydrogen-bond acceptors (Lipinski definition) is 5. The van der Waals surface area contributed by atoms with E-state index in [-0.39, 0.29) is 30.2 Å². The van der Waals surface area contributed by atoms with Crippen LogP contribution in [0.3, 0.4) is 0 Å². The van der Waals surface area contributed by atoms with Crippen LogP contribution in [0.1, 0.15) is 27.2 Å². The minimum atomic E-state index is -0.936. The van der Waals surface area contributed by atoms with Crippen LogP contribution in [0.25, 0.3) is 0 Å². The van der Waals surface area contributed by atoms with Gasteiger partial charge in [-0.1, -0.05) is 6.92 Å². The Morgan fingerprint density at radius 2 is 1.50 bits per heavy atom. The van der Waals surface area contributed by atoms with Crippen molar-refractivity contribution >= 4 is 28.9 Å². The van der Waals surface area contributed by atoms with Gasteiger partial charge in [-0.05, 0) is 20.3 Å². The lowest BCUT2D eigenvalue weighted by Gasteiger charge is -2.19. The summed E-state index contributed by atoms with van der Waals surface area (Å²) in [5, 5.41) is 0. The lowest BCUT2D eigenvalue weighted by Crippen LogP contribution is -2.43. The van der Waals surface area contributed by atoms with Crippen molar-refractivity contribution in [3.63, 3.8) is 0 Å². The number of halogens is 1. The molecule has 2 N–H and O–H groups in total. The van der Waals surface area contributed by atoms with Gasteiger partial charge in [-0.3, -0.25) is 9.59 Å². The van der Waals surface area contributed by atoms with E-state index in [4.69, 9.17) is 15.2 Å². The van der Waals surface area contributed by atoms with Gasteiger partial charge in [-0.15, -0.1) is 17.0 Å². The van der Waals surface area contributed by atoms with Crippen LogP contribution in [0, 0.1) is 5.92 Å². The molecule has 0 rings (SSSR count). The highest BCUT2D eigenvalue weighted by Gasteiger charge is 2.31. The third-order valence-corrected chi connectivity index (χ3v) is 2.02. The fourth-order valence-electron chi connectivity index (χ4n) is 1.22. The summed E-state index contributed by atoms with van der Waals surface area (Å²) in [6.07, 6.45) is 0.457. The van der Waals surface area contributed by atoms with Crippen LogP contribution in [0.4, 0.5) is 0 Å². The lowest BCUT2D eigenvalue weighted by molar-refractivity contribution is -0.156. The number of nitrogens with two attached hydrogens (primary N) is 1. The first-order valence-electron chi connectivity index (χ1n) is 5.17. The van der Waals surface area contributed by atoms with Gasteiger partial charge in [0.2, 0.25) is 0 Å². The molecule has 0 aliphatic heterocycles. The molecule has 0 aromatic carbocycles. The van der Waals surface area contributed by atoms with Gasteiger partial charge in [0, 0.05) is 0 Å². The average molecular weight is 298 g/mol. The van der Waals surface area contributed by atoms with Crippen LogP contribution >= 0.6 is 17.0 Å². The van der Waals surface area contributed by atoms with E-state index >= 15 is 0 Å². The summed E-state index contributed by atoms with van der Waals surface area (Å²) in [5.74, 6) is -1.62. The molecule has 0 unspecified atom stereocenters. The van der Waals surface area contributed by atoms with Crippen LogP contribution in [-0.4, -0.2) is 31.2 Å². The van der Waals surface area contributed by atoms with Gasteiger partial charge >= 0.3 is 11.9 Å². The highest BCUT2D eigenvalue weighted by Crippen LogP contribution is 2.11. The molecule has 0 saturated carbocycles. The van der Waals surface area contributed by atoms with Gasteiger partial charge in [0.25, 0.3) is 0 Å². The molecule has 0 aromatic rings. The maximum atomic E-state index is 11.4. The van der Waals surface area contributed by atoms with Crippen LogP contribution < -0.4 is 5.73 Å². The summed E-state index contributed by atoms with van der Waals surface area (Å²) in [4.78, 5) is 22.7. The smallest absolute Gasteiger partial charge is 0.323 e. The van der Waals surface area contributed by atoms with Crippen LogP contribution in [0.15, 0.2) is 0 Å². The van der Waals surface area contributed by atoms with E-state index in [1.165, 1.54) is 0 Å². The second-order valence-electron chi connectivity index (χ2n) is 3.04. The van der Waals surface area contributed by atoms with Crippen molar-refractivity contribution in [2.45, 2.75) is 33.2 Å². The zero-order valence-corrected chi connectivity index (χ0v) is 11.6. The number of carbonyl (C=O) groups excluding carboxylic acids is 2. The van der Waals surface area contributed by atoms with E-state index in [9.17, 15) is 9.59 Å². The second kappa shape index (κ2) is 9.59. The van der Waals surface area contributed by atoms with Crippen molar-refractivity contribution in [2.75, 3.05) is 13.2 Å². The molecule has 6 heteroatoms. The Morgan fingerprint density at radius 3 is 1.88 bits per heavy atom. The normalized spacial score (nSPS) is 13.2. The number of hydrogen-bond donors (Lipinski definition) is 1. The Balaban J connectivity index is 0. The van der Waals surface area contributed by atoms with Crippen LogP contribution in [0.5, 0.6) is 0 Å². The standard InChI is InChI=1S/C10H19NO4.BrH/c1-4-7(9(12)14-5-2)8(11)10(13)15-6-3;/h7-8H,4-6,11H2,1-3H3;1H/t7-,8-;/m0./s1. The molecule has 0 fully saturated rings. The van der Waals surface area contributed by atoms with Crippen molar-refractivity contribution in [1.29, 1.82) is 0 Å². The molecule has 0 aliphatic carbocycles. The zero-order chi connectivity index (χ0) is 11.8. The van der Waals surface area contributed by atoms with Crippen LogP contribution in [0.2, 0.25) is 0 Å². The van der Waals surface area contributed by atoms with E-state index in [1.807, 2.05) is 0 Å². The molecule has 2 atom stereocenters. The Morgan fingerprint density at radius 1 is 1.06 bits per heavy atom.